The summed E-state index contributed by atoms with van der Waals surface area (Å²) < 4.78 is 11.9. The summed E-state index contributed by atoms with van der Waals surface area (Å²) in [6, 6.07) is 14.7. The Hall–Kier alpha value is -3.08. The van der Waals surface area contributed by atoms with Crippen LogP contribution in [0.15, 0.2) is 54.7 Å². The first-order valence-corrected chi connectivity index (χ1v) is 7.52. The minimum atomic E-state index is -0.433. The first kappa shape index (κ1) is 15.8. The Morgan fingerprint density at radius 1 is 1.08 bits per heavy atom. The third kappa shape index (κ3) is 3.15. The zero-order chi connectivity index (χ0) is 17.1. The van der Waals surface area contributed by atoms with Crippen molar-refractivity contribution in [1.82, 2.24) is 4.57 Å². The Morgan fingerprint density at radius 3 is 2.62 bits per heavy atom. The molecule has 5 heteroatoms. The summed E-state index contributed by atoms with van der Waals surface area (Å²) in [6.07, 6.45) is 1.62. The van der Waals surface area contributed by atoms with Gasteiger partial charge in [-0.1, -0.05) is 30.3 Å². The smallest absolute Gasteiger partial charge is 0.340 e. The number of methoxy groups -OCH3 is 1. The molecule has 0 bridgehead atoms. The second kappa shape index (κ2) is 6.58. The largest absolute Gasteiger partial charge is 0.465 e. The molecule has 0 aliphatic heterocycles. The number of benzene rings is 2. The SMILES string of the molecule is COC(=O)c1cn(CC(=O)Oc2cccc(C)c2)c2ccccc12. The van der Waals surface area contributed by atoms with Crippen LogP contribution in [0.5, 0.6) is 5.75 Å². The number of rotatable bonds is 4. The van der Waals surface area contributed by atoms with Gasteiger partial charge < -0.3 is 14.0 Å². The van der Waals surface area contributed by atoms with Crippen LogP contribution in [0.4, 0.5) is 0 Å². The number of aromatic nitrogens is 1. The second-order valence-electron chi connectivity index (χ2n) is 5.47. The highest BCUT2D eigenvalue weighted by molar-refractivity contribution is 6.04. The van der Waals surface area contributed by atoms with Gasteiger partial charge in [0.1, 0.15) is 12.3 Å². The van der Waals surface area contributed by atoms with Gasteiger partial charge in [-0.2, -0.15) is 0 Å². The van der Waals surface area contributed by atoms with Crippen molar-refractivity contribution in [2.75, 3.05) is 7.11 Å². The zero-order valence-electron chi connectivity index (χ0n) is 13.5. The lowest BCUT2D eigenvalue weighted by molar-refractivity contribution is -0.134. The molecule has 0 amide bonds. The van der Waals surface area contributed by atoms with E-state index in [9.17, 15) is 9.59 Å². The number of nitrogens with zero attached hydrogens (tertiary/aromatic N) is 1. The first-order valence-electron chi connectivity index (χ1n) is 7.52. The van der Waals surface area contributed by atoms with E-state index in [1.807, 2.05) is 43.3 Å². The van der Waals surface area contributed by atoms with E-state index in [0.717, 1.165) is 16.5 Å². The summed E-state index contributed by atoms with van der Waals surface area (Å²) in [6.45, 7) is 1.94. The number of aryl methyl sites for hydroxylation is 1. The van der Waals surface area contributed by atoms with E-state index in [1.54, 1.807) is 22.9 Å². The molecule has 3 rings (SSSR count). The molecule has 0 fully saturated rings. The first-order chi connectivity index (χ1) is 11.6. The quantitative estimate of drug-likeness (QED) is 0.546. The Balaban J connectivity index is 1.87. The standard InChI is InChI=1S/C19H17NO4/c1-13-6-5-7-14(10-13)24-18(21)12-20-11-16(19(22)23-2)15-8-3-4-9-17(15)20/h3-11H,12H2,1-2H3. The van der Waals surface area contributed by atoms with Gasteiger partial charge in [-0.15, -0.1) is 0 Å². The van der Waals surface area contributed by atoms with Gasteiger partial charge in [0.2, 0.25) is 0 Å². The van der Waals surface area contributed by atoms with Crippen molar-refractivity contribution in [2.45, 2.75) is 13.5 Å². The van der Waals surface area contributed by atoms with Crippen LogP contribution in [0.1, 0.15) is 15.9 Å². The molecular formula is C19H17NO4. The van der Waals surface area contributed by atoms with Crippen molar-refractivity contribution in [1.29, 1.82) is 0 Å². The number of ether oxygens (including phenoxy) is 2. The number of carbonyl (C=O) groups excluding carboxylic acids is 2. The van der Waals surface area contributed by atoms with Crippen LogP contribution in [0.3, 0.4) is 0 Å². The minimum Gasteiger partial charge on any atom is -0.465 e. The van der Waals surface area contributed by atoms with Gasteiger partial charge in [0.25, 0.3) is 0 Å². The lowest BCUT2D eigenvalue weighted by Gasteiger charge is -2.07. The molecule has 0 aliphatic rings. The van der Waals surface area contributed by atoms with E-state index in [4.69, 9.17) is 9.47 Å². The summed E-state index contributed by atoms with van der Waals surface area (Å²) in [4.78, 5) is 24.1. The van der Waals surface area contributed by atoms with Crippen molar-refractivity contribution in [3.63, 3.8) is 0 Å². The minimum absolute atomic E-state index is 0.00541. The normalized spacial score (nSPS) is 10.6. The van der Waals surface area contributed by atoms with Crippen LogP contribution in [0, 0.1) is 6.92 Å². The molecule has 0 spiro atoms. The molecule has 0 radical (unpaired) electrons. The van der Waals surface area contributed by atoms with Gasteiger partial charge in [0.05, 0.1) is 12.7 Å². The Morgan fingerprint density at radius 2 is 1.88 bits per heavy atom. The molecule has 122 valence electrons. The third-order valence-corrected chi connectivity index (χ3v) is 3.71. The predicted molar refractivity (Wildman–Crippen MR) is 90.1 cm³/mol. The summed E-state index contributed by atoms with van der Waals surface area (Å²) in [7, 11) is 1.33. The number of hydrogen-bond acceptors (Lipinski definition) is 4. The maximum absolute atomic E-state index is 12.2. The van der Waals surface area contributed by atoms with E-state index in [0.29, 0.717) is 11.3 Å². The van der Waals surface area contributed by atoms with Gasteiger partial charge in [-0.3, -0.25) is 0 Å². The average Bonchev–Trinajstić information content (AvgIpc) is 2.93. The van der Waals surface area contributed by atoms with E-state index in [-0.39, 0.29) is 6.54 Å². The van der Waals surface area contributed by atoms with Crippen LogP contribution >= 0.6 is 0 Å². The van der Waals surface area contributed by atoms with Gasteiger partial charge in [-0.05, 0) is 30.7 Å². The Kier molecular flexibility index (Phi) is 4.33. The molecular weight excluding hydrogens is 306 g/mol. The lowest BCUT2D eigenvalue weighted by Crippen LogP contribution is -2.15. The summed E-state index contributed by atoms with van der Waals surface area (Å²) in [5, 5.41) is 0.743. The number of carbonyl (C=O) groups is 2. The molecule has 0 saturated carbocycles. The molecule has 0 N–H and O–H groups in total. The summed E-state index contributed by atoms with van der Waals surface area (Å²) >= 11 is 0. The highest BCUT2D eigenvalue weighted by Crippen LogP contribution is 2.22. The molecule has 5 nitrogen and oxygen atoms in total. The molecule has 0 atom stereocenters. The second-order valence-corrected chi connectivity index (χ2v) is 5.47. The van der Waals surface area contributed by atoms with Crippen molar-refractivity contribution < 1.29 is 19.1 Å². The van der Waals surface area contributed by atoms with Gasteiger partial charge in [-0.25, -0.2) is 9.59 Å². The van der Waals surface area contributed by atoms with E-state index < -0.39 is 11.9 Å². The molecule has 1 heterocycles. The fraction of sp³-hybridized carbons (Fsp3) is 0.158. The van der Waals surface area contributed by atoms with E-state index in [1.165, 1.54) is 7.11 Å². The molecule has 24 heavy (non-hydrogen) atoms. The molecule has 3 aromatic rings. The number of fused-ring (bicyclic) bond motifs is 1. The van der Waals surface area contributed by atoms with E-state index >= 15 is 0 Å². The number of esters is 2. The fourth-order valence-electron chi connectivity index (χ4n) is 2.63. The fourth-order valence-corrected chi connectivity index (χ4v) is 2.63. The van der Waals surface area contributed by atoms with Crippen molar-refractivity contribution in [3.05, 3.63) is 65.9 Å². The van der Waals surface area contributed by atoms with E-state index in [2.05, 4.69) is 0 Å². The van der Waals surface area contributed by atoms with Crippen LogP contribution in [-0.4, -0.2) is 23.6 Å². The molecule has 2 aromatic carbocycles. The average molecular weight is 323 g/mol. The molecule has 0 aliphatic carbocycles. The van der Waals surface area contributed by atoms with Gasteiger partial charge in [0.15, 0.2) is 0 Å². The lowest BCUT2D eigenvalue weighted by atomic mass is 10.2. The Bertz CT molecular complexity index is 911. The van der Waals surface area contributed by atoms with Crippen molar-refractivity contribution >= 4 is 22.8 Å². The molecule has 0 saturated heterocycles. The topological polar surface area (TPSA) is 57.5 Å². The van der Waals surface area contributed by atoms with Gasteiger partial charge in [0, 0.05) is 17.1 Å². The predicted octanol–water partition coefficient (Wildman–Crippen LogP) is 3.34. The van der Waals surface area contributed by atoms with Gasteiger partial charge >= 0.3 is 11.9 Å². The Labute approximate surface area is 139 Å². The van der Waals surface area contributed by atoms with Crippen LogP contribution < -0.4 is 4.74 Å². The molecule has 1 aromatic heterocycles. The zero-order valence-corrected chi connectivity index (χ0v) is 13.5. The molecule has 0 unspecified atom stereocenters. The van der Waals surface area contributed by atoms with Crippen LogP contribution in [0.25, 0.3) is 10.9 Å². The highest BCUT2D eigenvalue weighted by Gasteiger charge is 2.17. The maximum atomic E-state index is 12.2. The monoisotopic (exact) mass is 323 g/mol. The maximum Gasteiger partial charge on any atom is 0.340 e. The summed E-state index contributed by atoms with van der Waals surface area (Å²) in [5.74, 6) is -0.334. The third-order valence-electron chi connectivity index (χ3n) is 3.71. The van der Waals surface area contributed by atoms with Crippen molar-refractivity contribution in [2.24, 2.45) is 0 Å². The van der Waals surface area contributed by atoms with Crippen LogP contribution in [-0.2, 0) is 16.1 Å². The van der Waals surface area contributed by atoms with Crippen molar-refractivity contribution in [3.8, 4) is 5.75 Å². The number of hydrogen-bond donors (Lipinski definition) is 0. The summed E-state index contributed by atoms with van der Waals surface area (Å²) in [5.41, 5.74) is 2.22. The number of para-hydroxylation sites is 1. The highest BCUT2D eigenvalue weighted by atomic mass is 16.5. The van der Waals surface area contributed by atoms with Crippen LogP contribution in [0.2, 0.25) is 0 Å².